The molecule has 10 heteroatoms. The first-order chi connectivity index (χ1) is 17.6. The summed E-state index contributed by atoms with van der Waals surface area (Å²) in [6, 6.07) is 16.0. The van der Waals surface area contributed by atoms with Crippen LogP contribution in [0, 0.1) is 0 Å². The SMILES string of the molecule is CCCCCOc1ccc(-c2cc(-c3ccc(C(=O)Oc4nc(OC)nc(OC)n4)cc3)no2)cc1. The van der Waals surface area contributed by atoms with Gasteiger partial charge in [0.1, 0.15) is 11.4 Å². The highest BCUT2D eigenvalue weighted by Crippen LogP contribution is 2.28. The van der Waals surface area contributed by atoms with Gasteiger partial charge in [0, 0.05) is 17.2 Å². The Morgan fingerprint density at radius 3 is 2.11 bits per heavy atom. The van der Waals surface area contributed by atoms with Crippen LogP contribution in [0.2, 0.25) is 0 Å². The molecule has 0 N–H and O–H groups in total. The molecule has 4 aromatic rings. The number of hydrogen-bond donors (Lipinski definition) is 0. The van der Waals surface area contributed by atoms with Gasteiger partial charge in [-0.2, -0.15) is 0 Å². The molecule has 0 amide bonds. The zero-order valence-corrected chi connectivity index (χ0v) is 20.3. The molecule has 0 aliphatic heterocycles. The van der Waals surface area contributed by atoms with E-state index < -0.39 is 5.97 Å². The number of aromatic nitrogens is 4. The van der Waals surface area contributed by atoms with Crippen LogP contribution in [0.25, 0.3) is 22.6 Å². The number of carbonyl (C=O) groups excluding carboxylic acids is 1. The average Bonchev–Trinajstić information content (AvgIpc) is 3.41. The summed E-state index contributed by atoms with van der Waals surface area (Å²) in [5.41, 5.74) is 2.60. The summed E-state index contributed by atoms with van der Waals surface area (Å²) in [5.74, 6) is 0.810. The first kappa shape index (κ1) is 24.6. The second-order valence-corrected chi connectivity index (χ2v) is 7.71. The van der Waals surface area contributed by atoms with Crippen molar-refractivity contribution < 1.29 is 28.3 Å². The molecule has 186 valence electrons. The van der Waals surface area contributed by atoms with Crippen LogP contribution in [0.4, 0.5) is 0 Å². The van der Waals surface area contributed by atoms with Gasteiger partial charge in [0.05, 0.1) is 26.4 Å². The van der Waals surface area contributed by atoms with Crippen LogP contribution >= 0.6 is 0 Å². The van der Waals surface area contributed by atoms with Crippen molar-refractivity contribution in [3.05, 3.63) is 60.2 Å². The minimum absolute atomic E-state index is 0.0315. The van der Waals surface area contributed by atoms with Crippen molar-refractivity contribution in [2.45, 2.75) is 26.2 Å². The maximum Gasteiger partial charge on any atom is 0.345 e. The van der Waals surface area contributed by atoms with Crippen LogP contribution in [0.3, 0.4) is 0 Å². The third kappa shape index (κ3) is 6.15. The molecule has 10 nitrogen and oxygen atoms in total. The van der Waals surface area contributed by atoms with Gasteiger partial charge in [-0.3, -0.25) is 0 Å². The van der Waals surface area contributed by atoms with Crippen molar-refractivity contribution in [2.75, 3.05) is 20.8 Å². The molecule has 0 radical (unpaired) electrons. The fraction of sp³-hybridized carbons (Fsp3) is 0.269. The van der Waals surface area contributed by atoms with E-state index in [-0.39, 0.29) is 18.0 Å². The van der Waals surface area contributed by atoms with Gasteiger partial charge in [-0.1, -0.05) is 37.1 Å². The number of esters is 1. The van der Waals surface area contributed by atoms with Crippen molar-refractivity contribution >= 4 is 5.97 Å². The van der Waals surface area contributed by atoms with Crippen molar-refractivity contribution in [2.24, 2.45) is 0 Å². The highest BCUT2D eigenvalue weighted by atomic mass is 16.6. The molecule has 4 rings (SSSR count). The van der Waals surface area contributed by atoms with Crippen molar-refractivity contribution in [3.8, 4) is 46.4 Å². The Bertz CT molecular complexity index is 1270. The van der Waals surface area contributed by atoms with Crippen molar-refractivity contribution in [1.29, 1.82) is 0 Å². The zero-order chi connectivity index (χ0) is 25.3. The molecular formula is C26H26N4O6. The second kappa shape index (κ2) is 11.8. The Hall–Kier alpha value is -4.47. The lowest BCUT2D eigenvalue weighted by atomic mass is 10.1. The lowest BCUT2D eigenvalue weighted by Gasteiger charge is -2.06. The van der Waals surface area contributed by atoms with Crippen LogP contribution in [-0.2, 0) is 0 Å². The second-order valence-electron chi connectivity index (χ2n) is 7.71. The van der Waals surface area contributed by atoms with Gasteiger partial charge in [0.15, 0.2) is 5.76 Å². The molecule has 0 fully saturated rings. The predicted octanol–water partition coefficient (Wildman–Crippen LogP) is 5.00. The number of unbranched alkanes of at least 4 members (excludes halogenated alkanes) is 2. The smallest absolute Gasteiger partial charge is 0.345 e. The van der Waals surface area contributed by atoms with Crippen LogP contribution in [0.5, 0.6) is 23.8 Å². The average molecular weight is 491 g/mol. The number of benzene rings is 2. The van der Waals surface area contributed by atoms with Crippen LogP contribution in [0.15, 0.2) is 59.1 Å². The highest BCUT2D eigenvalue weighted by Gasteiger charge is 2.15. The minimum Gasteiger partial charge on any atom is -0.494 e. The van der Waals surface area contributed by atoms with Crippen LogP contribution in [0.1, 0.15) is 36.5 Å². The summed E-state index contributed by atoms with van der Waals surface area (Å²) in [4.78, 5) is 24.2. The summed E-state index contributed by atoms with van der Waals surface area (Å²) in [6.45, 7) is 2.87. The van der Waals surface area contributed by atoms with Crippen molar-refractivity contribution in [1.82, 2.24) is 20.1 Å². The molecule has 2 aromatic carbocycles. The minimum atomic E-state index is -0.644. The third-order valence-electron chi connectivity index (χ3n) is 5.20. The van der Waals surface area contributed by atoms with E-state index in [1.807, 2.05) is 30.3 Å². The van der Waals surface area contributed by atoms with Crippen LogP contribution in [-0.4, -0.2) is 46.9 Å². The Labute approximate surface area is 208 Å². The Morgan fingerprint density at radius 1 is 0.833 bits per heavy atom. The molecule has 2 heterocycles. The third-order valence-corrected chi connectivity index (χ3v) is 5.20. The normalized spacial score (nSPS) is 10.6. The summed E-state index contributed by atoms with van der Waals surface area (Å²) in [5, 5.41) is 4.16. The Morgan fingerprint density at radius 2 is 1.47 bits per heavy atom. The summed E-state index contributed by atoms with van der Waals surface area (Å²) in [6.07, 6.45) is 3.36. The van der Waals surface area contributed by atoms with Gasteiger partial charge in [-0.15, -0.1) is 15.0 Å². The summed E-state index contributed by atoms with van der Waals surface area (Å²) in [7, 11) is 2.76. The van der Waals surface area contributed by atoms with E-state index in [4.69, 9.17) is 23.5 Å². The Balaban J connectivity index is 1.40. The molecule has 36 heavy (non-hydrogen) atoms. The van der Waals surface area contributed by atoms with E-state index in [2.05, 4.69) is 27.0 Å². The number of carbonyl (C=O) groups is 1. The monoisotopic (exact) mass is 490 g/mol. The molecule has 0 unspecified atom stereocenters. The number of nitrogens with zero attached hydrogens (tertiary/aromatic N) is 4. The topological polar surface area (TPSA) is 119 Å². The van der Waals surface area contributed by atoms with E-state index in [0.717, 1.165) is 36.1 Å². The first-order valence-electron chi connectivity index (χ1n) is 11.5. The zero-order valence-electron chi connectivity index (χ0n) is 20.3. The summed E-state index contributed by atoms with van der Waals surface area (Å²) >= 11 is 0. The molecule has 0 spiro atoms. The molecule has 0 aliphatic rings. The van der Waals surface area contributed by atoms with E-state index in [9.17, 15) is 4.79 Å². The van der Waals surface area contributed by atoms with Gasteiger partial charge in [-0.05, 0) is 42.8 Å². The largest absolute Gasteiger partial charge is 0.494 e. The number of ether oxygens (including phenoxy) is 4. The lowest BCUT2D eigenvalue weighted by molar-refractivity contribution is 0.0716. The number of hydrogen-bond acceptors (Lipinski definition) is 10. The van der Waals surface area contributed by atoms with E-state index in [1.165, 1.54) is 14.2 Å². The van der Waals surface area contributed by atoms with E-state index >= 15 is 0 Å². The first-order valence-corrected chi connectivity index (χ1v) is 11.5. The summed E-state index contributed by atoms with van der Waals surface area (Å²) < 4.78 is 26.4. The molecule has 0 bridgehead atoms. The molecule has 0 atom stereocenters. The highest BCUT2D eigenvalue weighted by molar-refractivity contribution is 5.91. The molecule has 2 aromatic heterocycles. The van der Waals surface area contributed by atoms with E-state index in [1.54, 1.807) is 24.3 Å². The van der Waals surface area contributed by atoms with Crippen LogP contribution < -0.4 is 18.9 Å². The van der Waals surface area contributed by atoms with Gasteiger partial charge < -0.3 is 23.5 Å². The van der Waals surface area contributed by atoms with Gasteiger partial charge >= 0.3 is 24.0 Å². The number of methoxy groups -OCH3 is 2. The molecule has 0 saturated carbocycles. The van der Waals surface area contributed by atoms with Gasteiger partial charge in [0.2, 0.25) is 0 Å². The van der Waals surface area contributed by atoms with Gasteiger partial charge in [0.25, 0.3) is 0 Å². The molecular weight excluding hydrogens is 464 g/mol. The number of rotatable bonds is 11. The standard InChI is InChI=1S/C26H26N4O6/c1-4-5-6-15-34-20-13-11-18(12-14-20)22-16-21(30-36-22)17-7-9-19(10-8-17)23(31)35-26-28-24(32-2)27-25(29-26)33-3/h7-14,16H,4-6,15H2,1-3H3. The Kier molecular flexibility index (Phi) is 8.07. The molecule has 0 saturated heterocycles. The lowest BCUT2D eigenvalue weighted by Crippen LogP contribution is -2.12. The fourth-order valence-electron chi connectivity index (χ4n) is 3.27. The molecule has 0 aliphatic carbocycles. The fourth-order valence-corrected chi connectivity index (χ4v) is 3.27. The van der Waals surface area contributed by atoms with Gasteiger partial charge in [-0.25, -0.2) is 4.79 Å². The maximum atomic E-state index is 12.5. The quantitative estimate of drug-likeness (QED) is 0.210. The predicted molar refractivity (Wildman–Crippen MR) is 130 cm³/mol. The van der Waals surface area contributed by atoms with Crippen molar-refractivity contribution in [3.63, 3.8) is 0 Å². The maximum absolute atomic E-state index is 12.5. The van der Waals surface area contributed by atoms with E-state index in [0.29, 0.717) is 23.6 Å².